The van der Waals surface area contributed by atoms with Gasteiger partial charge < -0.3 is 19.9 Å². The predicted molar refractivity (Wildman–Crippen MR) is 133 cm³/mol. The van der Waals surface area contributed by atoms with Crippen molar-refractivity contribution in [2.24, 2.45) is 0 Å². The van der Waals surface area contributed by atoms with E-state index in [0.717, 1.165) is 16.5 Å². The molecule has 1 saturated heterocycles. The highest BCUT2D eigenvalue weighted by atomic mass is 19.1. The van der Waals surface area contributed by atoms with E-state index in [4.69, 9.17) is 4.74 Å². The fourth-order valence-corrected chi connectivity index (χ4v) is 4.37. The van der Waals surface area contributed by atoms with Crippen molar-refractivity contribution in [2.45, 2.75) is 0 Å². The summed E-state index contributed by atoms with van der Waals surface area (Å²) in [6.07, 6.45) is 1.63. The standard InChI is InChI=1S/C27H25FN4O2/c1-34-25-13-7-5-11-23(25)30-26-20-9-3-2-8-19(20)21(18-29-26)27(33)32-16-14-31(15-17-32)24-12-6-4-10-22(24)28/h2-13,18H,14-17H2,1H3,(H,29,30). The van der Waals surface area contributed by atoms with E-state index in [0.29, 0.717) is 49.0 Å². The van der Waals surface area contributed by atoms with Crippen molar-refractivity contribution in [3.63, 3.8) is 0 Å². The Morgan fingerprint density at radius 3 is 2.35 bits per heavy atom. The van der Waals surface area contributed by atoms with E-state index < -0.39 is 0 Å². The third-order valence-corrected chi connectivity index (χ3v) is 6.15. The molecule has 1 fully saturated rings. The molecule has 1 amide bonds. The first-order chi connectivity index (χ1) is 16.7. The molecule has 1 aliphatic rings. The molecule has 1 aromatic heterocycles. The molecule has 2 heterocycles. The van der Waals surface area contributed by atoms with Crippen LogP contribution in [0, 0.1) is 5.82 Å². The molecular formula is C27H25FN4O2. The summed E-state index contributed by atoms with van der Waals surface area (Å²) in [7, 11) is 1.62. The molecule has 3 aromatic carbocycles. The highest BCUT2D eigenvalue weighted by Crippen LogP contribution is 2.31. The van der Waals surface area contributed by atoms with Gasteiger partial charge in [-0.2, -0.15) is 0 Å². The molecule has 172 valence electrons. The maximum atomic E-state index is 14.2. The minimum atomic E-state index is -0.240. The van der Waals surface area contributed by atoms with Gasteiger partial charge in [-0.15, -0.1) is 0 Å². The summed E-state index contributed by atoms with van der Waals surface area (Å²) in [6.45, 7) is 2.18. The molecule has 6 nitrogen and oxygen atoms in total. The van der Waals surface area contributed by atoms with Gasteiger partial charge in [-0.25, -0.2) is 9.37 Å². The Bertz CT molecular complexity index is 1340. The predicted octanol–water partition coefficient (Wildman–Crippen LogP) is 5.09. The number of piperazine rings is 1. The topological polar surface area (TPSA) is 57.7 Å². The molecular weight excluding hydrogens is 431 g/mol. The Kier molecular flexibility index (Phi) is 5.99. The number of hydrogen-bond acceptors (Lipinski definition) is 5. The van der Waals surface area contributed by atoms with Crippen LogP contribution >= 0.6 is 0 Å². The van der Waals surface area contributed by atoms with E-state index in [1.54, 1.807) is 25.4 Å². The Labute approximate surface area is 197 Å². The van der Waals surface area contributed by atoms with Crippen LogP contribution in [0.1, 0.15) is 10.4 Å². The molecule has 0 unspecified atom stereocenters. The van der Waals surface area contributed by atoms with Gasteiger partial charge in [0.2, 0.25) is 0 Å². The van der Waals surface area contributed by atoms with Gasteiger partial charge in [-0.05, 0) is 29.7 Å². The molecule has 34 heavy (non-hydrogen) atoms. The largest absolute Gasteiger partial charge is 0.495 e. The minimum absolute atomic E-state index is 0.0688. The van der Waals surface area contributed by atoms with Crippen molar-refractivity contribution in [3.8, 4) is 5.75 Å². The maximum absolute atomic E-state index is 14.2. The summed E-state index contributed by atoms with van der Waals surface area (Å²) in [4.78, 5) is 21.8. The Morgan fingerprint density at radius 2 is 1.59 bits per heavy atom. The van der Waals surface area contributed by atoms with Crippen molar-refractivity contribution in [2.75, 3.05) is 43.5 Å². The summed E-state index contributed by atoms with van der Waals surface area (Å²) in [5.41, 5.74) is 1.93. The number of methoxy groups -OCH3 is 1. The van der Waals surface area contributed by atoms with Crippen molar-refractivity contribution >= 4 is 33.9 Å². The zero-order valence-electron chi connectivity index (χ0n) is 18.9. The number of fused-ring (bicyclic) bond motifs is 1. The lowest BCUT2D eigenvalue weighted by Gasteiger charge is -2.36. The first-order valence-corrected chi connectivity index (χ1v) is 11.2. The Hall–Kier alpha value is -4.13. The molecule has 1 N–H and O–H groups in total. The Balaban J connectivity index is 1.39. The number of anilines is 3. The van der Waals surface area contributed by atoms with E-state index in [1.165, 1.54) is 6.07 Å². The number of halogens is 1. The second-order valence-corrected chi connectivity index (χ2v) is 8.12. The lowest BCUT2D eigenvalue weighted by Crippen LogP contribution is -2.49. The smallest absolute Gasteiger partial charge is 0.256 e. The van der Waals surface area contributed by atoms with E-state index in [2.05, 4.69) is 10.3 Å². The first-order valence-electron chi connectivity index (χ1n) is 11.2. The fraction of sp³-hybridized carbons (Fsp3) is 0.185. The molecule has 0 radical (unpaired) electrons. The number of aromatic nitrogens is 1. The van der Waals surface area contributed by atoms with Crippen LogP contribution in [0.5, 0.6) is 5.75 Å². The minimum Gasteiger partial charge on any atom is -0.495 e. The van der Waals surface area contributed by atoms with Crippen LogP contribution in [-0.4, -0.2) is 49.1 Å². The lowest BCUT2D eigenvalue weighted by molar-refractivity contribution is 0.0748. The highest BCUT2D eigenvalue weighted by molar-refractivity contribution is 6.09. The van der Waals surface area contributed by atoms with Gasteiger partial charge in [0, 0.05) is 37.8 Å². The average Bonchev–Trinajstić information content (AvgIpc) is 2.89. The van der Waals surface area contributed by atoms with Crippen molar-refractivity contribution in [1.29, 1.82) is 0 Å². The molecule has 7 heteroatoms. The number of carbonyl (C=O) groups is 1. The first kappa shape index (κ1) is 21.7. The van der Waals surface area contributed by atoms with E-state index in [9.17, 15) is 9.18 Å². The number of benzene rings is 3. The van der Waals surface area contributed by atoms with Gasteiger partial charge in [-0.1, -0.05) is 48.5 Å². The molecule has 5 rings (SSSR count). The van der Waals surface area contributed by atoms with Gasteiger partial charge in [0.25, 0.3) is 5.91 Å². The molecule has 0 aliphatic carbocycles. The quantitative estimate of drug-likeness (QED) is 0.453. The zero-order chi connectivity index (χ0) is 23.5. The molecule has 1 aliphatic heterocycles. The van der Waals surface area contributed by atoms with Crippen LogP contribution in [0.4, 0.5) is 21.6 Å². The van der Waals surface area contributed by atoms with Crippen LogP contribution in [0.3, 0.4) is 0 Å². The fourth-order valence-electron chi connectivity index (χ4n) is 4.37. The maximum Gasteiger partial charge on any atom is 0.256 e. The number of nitrogens with one attached hydrogen (secondary N) is 1. The summed E-state index contributed by atoms with van der Waals surface area (Å²) >= 11 is 0. The van der Waals surface area contributed by atoms with E-state index >= 15 is 0 Å². The SMILES string of the molecule is COc1ccccc1Nc1ncc(C(=O)N2CCN(c3ccccc3F)CC2)c2ccccc12. The number of nitrogens with zero attached hydrogens (tertiary/aromatic N) is 3. The zero-order valence-corrected chi connectivity index (χ0v) is 18.9. The number of rotatable bonds is 5. The van der Waals surface area contributed by atoms with Crippen LogP contribution < -0.4 is 15.0 Å². The lowest BCUT2D eigenvalue weighted by atomic mass is 10.1. The molecule has 0 saturated carbocycles. The van der Waals surface area contributed by atoms with Gasteiger partial charge >= 0.3 is 0 Å². The number of pyridine rings is 1. The van der Waals surface area contributed by atoms with Crippen LogP contribution in [-0.2, 0) is 0 Å². The molecule has 0 bridgehead atoms. The second-order valence-electron chi connectivity index (χ2n) is 8.12. The van der Waals surface area contributed by atoms with E-state index in [1.807, 2.05) is 64.4 Å². The number of hydrogen-bond donors (Lipinski definition) is 1. The monoisotopic (exact) mass is 456 g/mol. The van der Waals surface area contributed by atoms with Crippen molar-refractivity contribution < 1.29 is 13.9 Å². The Morgan fingerprint density at radius 1 is 0.912 bits per heavy atom. The second kappa shape index (κ2) is 9.39. The van der Waals surface area contributed by atoms with Crippen LogP contribution in [0.2, 0.25) is 0 Å². The summed E-state index contributed by atoms with van der Waals surface area (Å²) in [5, 5.41) is 5.02. The number of amides is 1. The summed E-state index contributed by atoms with van der Waals surface area (Å²) in [5.74, 6) is 1.05. The molecule has 0 atom stereocenters. The van der Waals surface area contributed by atoms with Gasteiger partial charge in [0.05, 0.1) is 24.0 Å². The normalized spacial score (nSPS) is 13.7. The van der Waals surface area contributed by atoms with Gasteiger partial charge in [0.15, 0.2) is 0 Å². The molecule has 0 spiro atoms. The third-order valence-electron chi connectivity index (χ3n) is 6.15. The number of ether oxygens (including phenoxy) is 1. The number of carbonyl (C=O) groups excluding carboxylic acids is 1. The van der Waals surface area contributed by atoms with Gasteiger partial charge in [-0.3, -0.25) is 4.79 Å². The summed E-state index contributed by atoms with van der Waals surface area (Å²) in [6, 6.07) is 22.1. The van der Waals surface area contributed by atoms with E-state index in [-0.39, 0.29) is 11.7 Å². The van der Waals surface area contributed by atoms with Crippen molar-refractivity contribution in [1.82, 2.24) is 9.88 Å². The molecule has 4 aromatic rings. The average molecular weight is 457 g/mol. The van der Waals surface area contributed by atoms with Crippen LogP contribution in [0.25, 0.3) is 10.8 Å². The number of para-hydroxylation sites is 3. The third kappa shape index (κ3) is 4.12. The summed E-state index contributed by atoms with van der Waals surface area (Å²) < 4.78 is 19.6. The van der Waals surface area contributed by atoms with Crippen molar-refractivity contribution in [3.05, 3.63) is 90.4 Å². The van der Waals surface area contributed by atoms with Gasteiger partial charge in [0.1, 0.15) is 17.4 Å². The van der Waals surface area contributed by atoms with Crippen LogP contribution in [0.15, 0.2) is 79.0 Å². The highest BCUT2D eigenvalue weighted by Gasteiger charge is 2.25.